The average molecular weight is 484 g/mol. The SMILES string of the molecule is CCOc1cc(/C=C(/C#N)C(=O)Nc2ccc(C)c(C)c2)ccc1OCC(=O)Nc1ccccc1C. The molecule has 0 aliphatic carbocycles. The summed E-state index contributed by atoms with van der Waals surface area (Å²) in [5.41, 5.74) is 4.98. The predicted molar refractivity (Wildman–Crippen MR) is 141 cm³/mol. The summed E-state index contributed by atoms with van der Waals surface area (Å²) in [5.74, 6) is -0.0220. The number of hydrogen-bond donors (Lipinski definition) is 2. The van der Waals surface area contributed by atoms with Gasteiger partial charge in [-0.05, 0) is 86.4 Å². The minimum atomic E-state index is -0.507. The van der Waals surface area contributed by atoms with Crippen molar-refractivity contribution in [1.82, 2.24) is 0 Å². The molecule has 0 aromatic heterocycles. The molecule has 3 rings (SSSR count). The molecule has 0 radical (unpaired) electrons. The van der Waals surface area contributed by atoms with E-state index in [-0.39, 0.29) is 18.1 Å². The molecule has 2 N–H and O–H groups in total. The van der Waals surface area contributed by atoms with E-state index in [1.54, 1.807) is 24.3 Å². The number of nitrogens with zero attached hydrogens (tertiary/aromatic N) is 1. The summed E-state index contributed by atoms with van der Waals surface area (Å²) in [6.07, 6.45) is 1.48. The van der Waals surface area contributed by atoms with E-state index in [1.165, 1.54) is 6.08 Å². The maximum atomic E-state index is 12.7. The summed E-state index contributed by atoms with van der Waals surface area (Å²) in [5, 5.41) is 15.1. The number of nitriles is 1. The highest BCUT2D eigenvalue weighted by Gasteiger charge is 2.13. The second kappa shape index (κ2) is 12.2. The van der Waals surface area contributed by atoms with Crippen LogP contribution in [0, 0.1) is 32.1 Å². The van der Waals surface area contributed by atoms with Crippen molar-refractivity contribution in [2.75, 3.05) is 23.8 Å². The molecule has 0 atom stereocenters. The second-order valence-corrected chi connectivity index (χ2v) is 8.21. The number of carbonyl (C=O) groups is 2. The van der Waals surface area contributed by atoms with Crippen molar-refractivity contribution < 1.29 is 19.1 Å². The van der Waals surface area contributed by atoms with Gasteiger partial charge < -0.3 is 20.1 Å². The van der Waals surface area contributed by atoms with Crippen LogP contribution in [0.3, 0.4) is 0 Å². The summed E-state index contributed by atoms with van der Waals surface area (Å²) in [6.45, 7) is 7.85. The lowest BCUT2D eigenvalue weighted by Crippen LogP contribution is -2.20. The third-order valence-electron chi connectivity index (χ3n) is 5.49. The molecule has 7 heteroatoms. The van der Waals surface area contributed by atoms with Crippen molar-refractivity contribution >= 4 is 29.3 Å². The fraction of sp³-hybridized carbons (Fsp3) is 0.207. The number of hydrogen-bond acceptors (Lipinski definition) is 5. The molecule has 2 amide bonds. The van der Waals surface area contributed by atoms with E-state index in [4.69, 9.17) is 9.47 Å². The minimum Gasteiger partial charge on any atom is -0.490 e. The lowest BCUT2D eigenvalue weighted by Gasteiger charge is -2.13. The molecular formula is C29H29N3O4. The molecule has 0 unspecified atom stereocenters. The smallest absolute Gasteiger partial charge is 0.266 e. The molecule has 0 saturated heterocycles. The van der Waals surface area contributed by atoms with Crippen molar-refractivity contribution in [1.29, 1.82) is 5.26 Å². The van der Waals surface area contributed by atoms with Crippen molar-refractivity contribution in [2.24, 2.45) is 0 Å². The van der Waals surface area contributed by atoms with Gasteiger partial charge in [0, 0.05) is 11.4 Å². The van der Waals surface area contributed by atoms with Gasteiger partial charge in [0.25, 0.3) is 11.8 Å². The quantitative estimate of drug-likeness (QED) is 0.306. The van der Waals surface area contributed by atoms with Crippen LogP contribution >= 0.6 is 0 Å². The molecule has 184 valence electrons. The molecule has 7 nitrogen and oxygen atoms in total. The first-order chi connectivity index (χ1) is 17.3. The number of nitrogens with one attached hydrogen (secondary N) is 2. The molecule has 3 aromatic rings. The number of amides is 2. The third-order valence-corrected chi connectivity index (χ3v) is 5.49. The van der Waals surface area contributed by atoms with Crippen molar-refractivity contribution in [3.05, 3.63) is 88.5 Å². The maximum absolute atomic E-state index is 12.7. The fourth-order valence-electron chi connectivity index (χ4n) is 3.38. The van der Waals surface area contributed by atoms with E-state index in [2.05, 4.69) is 10.6 Å². The Balaban J connectivity index is 1.72. The van der Waals surface area contributed by atoms with Gasteiger partial charge in [-0.1, -0.05) is 30.3 Å². The first-order valence-electron chi connectivity index (χ1n) is 11.6. The molecule has 0 aliphatic rings. The average Bonchev–Trinajstić information content (AvgIpc) is 2.85. The number of rotatable bonds is 9. The first-order valence-corrected chi connectivity index (χ1v) is 11.6. The Kier molecular flexibility index (Phi) is 8.84. The van der Waals surface area contributed by atoms with Gasteiger partial charge in [0.15, 0.2) is 18.1 Å². The lowest BCUT2D eigenvalue weighted by molar-refractivity contribution is -0.118. The number of benzene rings is 3. The van der Waals surface area contributed by atoms with E-state index in [9.17, 15) is 14.9 Å². The van der Waals surface area contributed by atoms with E-state index < -0.39 is 5.91 Å². The van der Waals surface area contributed by atoms with Crippen molar-refractivity contribution in [3.8, 4) is 17.6 Å². The van der Waals surface area contributed by atoms with Gasteiger partial charge in [-0.25, -0.2) is 0 Å². The highest BCUT2D eigenvalue weighted by Crippen LogP contribution is 2.29. The maximum Gasteiger partial charge on any atom is 0.266 e. The van der Waals surface area contributed by atoms with Crippen LogP contribution in [0.1, 0.15) is 29.2 Å². The largest absolute Gasteiger partial charge is 0.490 e. The number of ether oxygens (including phenoxy) is 2. The molecular weight excluding hydrogens is 454 g/mol. The molecule has 0 spiro atoms. The highest BCUT2D eigenvalue weighted by molar-refractivity contribution is 6.09. The first kappa shape index (κ1) is 26.0. The van der Waals surface area contributed by atoms with Crippen LogP contribution < -0.4 is 20.1 Å². The zero-order valence-corrected chi connectivity index (χ0v) is 20.8. The van der Waals surface area contributed by atoms with Crippen LogP contribution in [0.4, 0.5) is 11.4 Å². The Labute approximate surface area is 211 Å². The van der Waals surface area contributed by atoms with Crippen LogP contribution in [0.25, 0.3) is 6.08 Å². The third kappa shape index (κ3) is 6.97. The normalized spacial score (nSPS) is 10.8. The number of para-hydroxylation sites is 1. The van der Waals surface area contributed by atoms with Gasteiger partial charge in [-0.2, -0.15) is 5.26 Å². The zero-order chi connectivity index (χ0) is 26.1. The summed E-state index contributed by atoms with van der Waals surface area (Å²) >= 11 is 0. The van der Waals surface area contributed by atoms with Gasteiger partial charge in [0.2, 0.25) is 0 Å². The van der Waals surface area contributed by atoms with Gasteiger partial charge in [-0.15, -0.1) is 0 Å². The van der Waals surface area contributed by atoms with Crippen LogP contribution in [0.15, 0.2) is 66.2 Å². The summed E-state index contributed by atoms with van der Waals surface area (Å²) < 4.78 is 11.4. The fourth-order valence-corrected chi connectivity index (χ4v) is 3.38. The molecule has 3 aromatic carbocycles. The number of aryl methyl sites for hydroxylation is 3. The van der Waals surface area contributed by atoms with Crippen molar-refractivity contribution in [2.45, 2.75) is 27.7 Å². The van der Waals surface area contributed by atoms with Crippen molar-refractivity contribution in [3.63, 3.8) is 0 Å². The highest BCUT2D eigenvalue weighted by atomic mass is 16.5. The molecule has 0 heterocycles. The van der Waals surface area contributed by atoms with Gasteiger partial charge >= 0.3 is 0 Å². The van der Waals surface area contributed by atoms with Crippen LogP contribution in [0.5, 0.6) is 11.5 Å². The molecule has 0 fully saturated rings. The Bertz CT molecular complexity index is 1340. The van der Waals surface area contributed by atoms with Crippen LogP contribution in [-0.2, 0) is 9.59 Å². The molecule has 0 saturated carbocycles. The molecule has 36 heavy (non-hydrogen) atoms. The number of carbonyl (C=O) groups excluding carboxylic acids is 2. The van der Waals surface area contributed by atoms with Gasteiger partial charge in [-0.3, -0.25) is 9.59 Å². The Morgan fingerprint density at radius 1 is 0.889 bits per heavy atom. The van der Waals surface area contributed by atoms with Crippen LogP contribution in [-0.4, -0.2) is 25.0 Å². The Morgan fingerprint density at radius 2 is 1.67 bits per heavy atom. The monoisotopic (exact) mass is 483 g/mol. The minimum absolute atomic E-state index is 0.0537. The predicted octanol–water partition coefficient (Wildman–Crippen LogP) is 5.57. The molecule has 0 aliphatic heterocycles. The Morgan fingerprint density at radius 3 is 2.36 bits per heavy atom. The van der Waals surface area contributed by atoms with E-state index in [1.807, 2.05) is 70.2 Å². The zero-order valence-electron chi connectivity index (χ0n) is 20.8. The van der Waals surface area contributed by atoms with E-state index >= 15 is 0 Å². The summed E-state index contributed by atoms with van der Waals surface area (Å²) in [4.78, 5) is 25.0. The van der Waals surface area contributed by atoms with E-state index in [0.29, 0.717) is 29.4 Å². The summed E-state index contributed by atoms with van der Waals surface area (Å²) in [7, 11) is 0. The summed E-state index contributed by atoms with van der Waals surface area (Å²) in [6, 6.07) is 20.0. The second-order valence-electron chi connectivity index (χ2n) is 8.21. The standard InChI is InChI=1S/C29H29N3O4/c1-5-35-27-16-22(15-23(17-30)29(34)31-24-12-10-19(2)21(4)14-24)11-13-26(27)36-18-28(33)32-25-9-7-6-8-20(25)3/h6-16H,5,18H2,1-4H3,(H,31,34)(H,32,33)/b23-15-. The lowest BCUT2D eigenvalue weighted by atomic mass is 10.1. The molecule has 0 bridgehead atoms. The van der Waals surface area contributed by atoms with Gasteiger partial charge in [0.1, 0.15) is 11.6 Å². The topological polar surface area (TPSA) is 100 Å². The Hall–Kier alpha value is -4.57. The van der Waals surface area contributed by atoms with Crippen LogP contribution in [0.2, 0.25) is 0 Å². The number of anilines is 2. The van der Waals surface area contributed by atoms with Gasteiger partial charge in [0.05, 0.1) is 6.61 Å². The van der Waals surface area contributed by atoms with E-state index in [0.717, 1.165) is 22.4 Å².